The second-order valence-electron chi connectivity index (χ2n) is 8.89. The molecule has 1 aromatic rings. The van der Waals surface area contributed by atoms with Crippen molar-refractivity contribution >= 4 is 11.6 Å². The molecule has 2 aliphatic heterocycles. The van der Waals surface area contributed by atoms with Crippen LogP contribution in [0.4, 0.5) is 10.1 Å². The first-order valence-electron chi connectivity index (χ1n) is 10.5. The first-order chi connectivity index (χ1) is 13.0. The molecule has 0 radical (unpaired) electrons. The standard InChI is InChI=1S/C22H32FN3O/c1-14-6-7-19(23)18-13-20(25-21(14)18)22(27)24-17-5-3-4-16(12-17)15-8-10-26(2)11-9-15/h6-7,15-17,20,25H,3-5,8-13H2,1-2H3,(H,24,27)/t16-,17-,20?/m0/s1. The highest BCUT2D eigenvalue weighted by Gasteiger charge is 2.34. The monoisotopic (exact) mass is 373 g/mol. The Labute approximate surface area is 161 Å². The summed E-state index contributed by atoms with van der Waals surface area (Å²) in [6.45, 7) is 4.36. The summed E-state index contributed by atoms with van der Waals surface area (Å²) in [5, 5.41) is 6.53. The second-order valence-corrected chi connectivity index (χ2v) is 8.89. The minimum absolute atomic E-state index is 0.0269. The van der Waals surface area contributed by atoms with Gasteiger partial charge in [0, 0.05) is 23.7 Å². The van der Waals surface area contributed by atoms with Gasteiger partial charge in [-0.15, -0.1) is 0 Å². The van der Waals surface area contributed by atoms with Crippen LogP contribution in [0.15, 0.2) is 12.1 Å². The molecule has 2 fully saturated rings. The van der Waals surface area contributed by atoms with E-state index < -0.39 is 0 Å². The van der Waals surface area contributed by atoms with E-state index in [9.17, 15) is 9.18 Å². The molecule has 4 rings (SSSR count). The number of hydrogen-bond acceptors (Lipinski definition) is 3. The van der Waals surface area contributed by atoms with Crippen molar-refractivity contribution < 1.29 is 9.18 Å². The van der Waals surface area contributed by atoms with Crippen LogP contribution in [0.3, 0.4) is 0 Å². The van der Waals surface area contributed by atoms with Gasteiger partial charge in [-0.05, 0) is 76.2 Å². The zero-order chi connectivity index (χ0) is 19.0. The molecule has 1 saturated carbocycles. The van der Waals surface area contributed by atoms with Gasteiger partial charge in [-0.1, -0.05) is 18.9 Å². The third kappa shape index (κ3) is 3.98. The van der Waals surface area contributed by atoms with Crippen LogP contribution in [0, 0.1) is 24.6 Å². The summed E-state index contributed by atoms with van der Waals surface area (Å²) in [7, 11) is 2.21. The molecule has 4 nitrogen and oxygen atoms in total. The maximum Gasteiger partial charge on any atom is 0.243 e. The molecule has 0 spiro atoms. The molecule has 3 aliphatic rings. The average molecular weight is 374 g/mol. The van der Waals surface area contributed by atoms with Gasteiger partial charge in [-0.2, -0.15) is 0 Å². The van der Waals surface area contributed by atoms with Crippen LogP contribution in [-0.4, -0.2) is 43.0 Å². The van der Waals surface area contributed by atoms with Gasteiger partial charge < -0.3 is 15.5 Å². The normalized spacial score (nSPS) is 29.2. The Morgan fingerprint density at radius 1 is 1.19 bits per heavy atom. The Bertz CT molecular complexity index is 668. The highest BCUT2D eigenvalue weighted by molar-refractivity contribution is 5.88. The quantitative estimate of drug-likeness (QED) is 0.852. The van der Waals surface area contributed by atoms with Gasteiger partial charge in [0.05, 0.1) is 0 Å². The Kier molecular flexibility index (Phi) is 5.40. The lowest BCUT2D eigenvalue weighted by Gasteiger charge is -2.39. The van der Waals surface area contributed by atoms with Crippen LogP contribution in [0.25, 0.3) is 0 Å². The van der Waals surface area contributed by atoms with Crippen molar-refractivity contribution in [3.8, 4) is 0 Å². The number of carbonyl (C=O) groups excluding carboxylic acids is 1. The number of piperidine rings is 1. The van der Waals surface area contributed by atoms with Gasteiger partial charge in [-0.25, -0.2) is 4.39 Å². The molecule has 3 atom stereocenters. The number of fused-ring (bicyclic) bond motifs is 1. The SMILES string of the molecule is Cc1ccc(F)c2c1NC(C(=O)N[C@H]1CCC[C@H](C3CCN(C)CC3)C1)C2. The summed E-state index contributed by atoms with van der Waals surface area (Å²) < 4.78 is 14.1. The molecule has 1 aromatic carbocycles. The first-order valence-corrected chi connectivity index (χ1v) is 10.5. The molecule has 1 aliphatic carbocycles. The summed E-state index contributed by atoms with van der Waals surface area (Å²) >= 11 is 0. The van der Waals surface area contributed by atoms with Crippen LogP contribution in [0.2, 0.25) is 0 Å². The number of aryl methyl sites for hydroxylation is 1. The number of amides is 1. The number of hydrogen-bond donors (Lipinski definition) is 2. The Hall–Kier alpha value is -1.62. The third-order valence-electron chi connectivity index (χ3n) is 7.00. The molecule has 27 heavy (non-hydrogen) atoms. The number of anilines is 1. The van der Waals surface area contributed by atoms with Crippen molar-refractivity contribution in [3.05, 3.63) is 29.1 Å². The Morgan fingerprint density at radius 2 is 1.96 bits per heavy atom. The number of halogens is 1. The summed E-state index contributed by atoms with van der Waals surface area (Å²) in [5.74, 6) is 1.37. The fourth-order valence-electron chi connectivity index (χ4n) is 5.32. The molecule has 5 heteroatoms. The zero-order valence-electron chi connectivity index (χ0n) is 16.6. The van der Waals surface area contributed by atoms with Crippen molar-refractivity contribution in [2.75, 3.05) is 25.5 Å². The zero-order valence-corrected chi connectivity index (χ0v) is 16.6. The van der Waals surface area contributed by atoms with E-state index in [1.807, 2.05) is 6.92 Å². The molecule has 1 unspecified atom stereocenters. The van der Waals surface area contributed by atoms with E-state index in [2.05, 4.69) is 22.6 Å². The summed E-state index contributed by atoms with van der Waals surface area (Å²) in [4.78, 5) is 15.2. The van der Waals surface area contributed by atoms with Crippen molar-refractivity contribution in [2.45, 2.75) is 64.0 Å². The lowest BCUT2D eigenvalue weighted by molar-refractivity contribution is -0.122. The largest absolute Gasteiger partial charge is 0.373 e. The van der Waals surface area contributed by atoms with E-state index in [4.69, 9.17) is 0 Å². The van der Waals surface area contributed by atoms with Gasteiger partial charge in [0.1, 0.15) is 11.9 Å². The van der Waals surface area contributed by atoms with Crippen molar-refractivity contribution in [2.24, 2.45) is 11.8 Å². The molecule has 1 saturated heterocycles. The fraction of sp³-hybridized carbons (Fsp3) is 0.682. The van der Waals surface area contributed by atoms with Gasteiger partial charge in [-0.3, -0.25) is 4.79 Å². The van der Waals surface area contributed by atoms with Crippen LogP contribution in [0.5, 0.6) is 0 Å². The van der Waals surface area contributed by atoms with Gasteiger partial charge >= 0.3 is 0 Å². The minimum Gasteiger partial charge on any atom is -0.373 e. The van der Waals surface area contributed by atoms with Crippen molar-refractivity contribution in [3.63, 3.8) is 0 Å². The van der Waals surface area contributed by atoms with Gasteiger partial charge in [0.15, 0.2) is 0 Å². The maximum absolute atomic E-state index is 14.1. The van der Waals surface area contributed by atoms with Crippen molar-refractivity contribution in [1.29, 1.82) is 0 Å². The van der Waals surface area contributed by atoms with E-state index in [0.29, 0.717) is 12.0 Å². The summed E-state index contributed by atoms with van der Waals surface area (Å²) in [5.41, 5.74) is 2.47. The van der Waals surface area contributed by atoms with Crippen LogP contribution >= 0.6 is 0 Å². The molecule has 0 bridgehead atoms. The average Bonchev–Trinajstić information content (AvgIpc) is 3.13. The van der Waals surface area contributed by atoms with Gasteiger partial charge in [0.2, 0.25) is 5.91 Å². The lowest BCUT2D eigenvalue weighted by atomic mass is 9.74. The molecule has 1 amide bonds. The second kappa shape index (κ2) is 7.78. The van der Waals surface area contributed by atoms with Crippen LogP contribution in [0.1, 0.15) is 49.7 Å². The molecule has 0 aromatic heterocycles. The Balaban J connectivity index is 1.33. The highest BCUT2D eigenvalue weighted by Crippen LogP contribution is 2.36. The molecule has 2 heterocycles. The number of nitrogens with zero attached hydrogens (tertiary/aromatic N) is 1. The molecular weight excluding hydrogens is 341 g/mol. The van der Waals surface area contributed by atoms with E-state index in [-0.39, 0.29) is 23.8 Å². The molecular formula is C22H32FN3O. The Morgan fingerprint density at radius 3 is 2.70 bits per heavy atom. The van der Waals surface area contributed by atoms with E-state index in [1.165, 1.54) is 44.8 Å². The van der Waals surface area contributed by atoms with Gasteiger partial charge in [0.25, 0.3) is 0 Å². The topological polar surface area (TPSA) is 44.4 Å². The first kappa shape index (κ1) is 18.7. The maximum atomic E-state index is 14.1. The summed E-state index contributed by atoms with van der Waals surface area (Å²) in [6.07, 6.45) is 7.71. The predicted molar refractivity (Wildman–Crippen MR) is 106 cm³/mol. The van der Waals surface area contributed by atoms with E-state index in [0.717, 1.165) is 35.9 Å². The number of nitrogens with one attached hydrogen (secondary N) is 2. The van der Waals surface area contributed by atoms with E-state index >= 15 is 0 Å². The fourth-order valence-corrected chi connectivity index (χ4v) is 5.32. The third-order valence-corrected chi connectivity index (χ3v) is 7.00. The summed E-state index contributed by atoms with van der Waals surface area (Å²) in [6, 6.07) is 3.20. The molecule has 148 valence electrons. The highest BCUT2D eigenvalue weighted by atomic mass is 19.1. The number of likely N-dealkylation sites (tertiary alicyclic amines) is 1. The number of carbonyl (C=O) groups is 1. The lowest BCUT2D eigenvalue weighted by Crippen LogP contribution is -2.46. The minimum atomic E-state index is -0.348. The van der Waals surface area contributed by atoms with Crippen molar-refractivity contribution in [1.82, 2.24) is 10.2 Å². The predicted octanol–water partition coefficient (Wildman–Crippen LogP) is 3.49. The molecule has 2 N–H and O–H groups in total. The van der Waals surface area contributed by atoms with Crippen LogP contribution < -0.4 is 10.6 Å². The number of benzene rings is 1. The van der Waals surface area contributed by atoms with Crippen LogP contribution in [-0.2, 0) is 11.2 Å². The number of rotatable bonds is 3. The smallest absolute Gasteiger partial charge is 0.243 e. The van der Waals surface area contributed by atoms with E-state index in [1.54, 1.807) is 6.07 Å².